The Morgan fingerprint density at radius 2 is 2.10 bits per heavy atom. The normalized spacial score (nSPS) is 12.6. The molecule has 1 unspecified atom stereocenters. The second-order valence-corrected chi connectivity index (χ2v) is 2.36. The van der Waals surface area contributed by atoms with Crippen LogP contribution in [0.25, 0.3) is 0 Å². The van der Waals surface area contributed by atoms with Crippen molar-refractivity contribution in [2.45, 2.75) is 39.2 Å². The molecule has 0 amide bonds. The van der Waals surface area contributed by atoms with Gasteiger partial charge < -0.3 is 0 Å². The maximum atomic E-state index is 9.92. The molecule has 4 heteroatoms. The van der Waals surface area contributed by atoms with Crippen LogP contribution < -0.4 is 0 Å². The minimum absolute atomic E-state index is 0. The van der Waals surface area contributed by atoms with E-state index in [0.29, 0.717) is 0 Å². The molecule has 0 aliphatic heterocycles. The third-order valence-electron chi connectivity index (χ3n) is 1.26. The van der Waals surface area contributed by atoms with Crippen LogP contribution >= 0.6 is 8.69 Å². The highest BCUT2D eigenvalue weighted by Gasteiger charge is 2.03. The molecule has 0 saturated carbocycles. The lowest BCUT2D eigenvalue weighted by Crippen LogP contribution is -2.04. The molecule has 60 valence electrons. The van der Waals surface area contributed by atoms with Crippen LogP contribution in [0.5, 0.6) is 0 Å². The third kappa shape index (κ3) is 6.71. The second-order valence-electron chi connectivity index (χ2n) is 2.00. The summed E-state index contributed by atoms with van der Waals surface area (Å²) < 4.78 is 14.8. The van der Waals surface area contributed by atoms with Crippen molar-refractivity contribution < 1.29 is 9.09 Å². The average Bonchev–Trinajstić information content (AvgIpc) is 1.88. The van der Waals surface area contributed by atoms with Crippen molar-refractivity contribution in [1.29, 1.82) is 0 Å². The molecule has 0 spiro atoms. The molecule has 2 nitrogen and oxygen atoms in total. The summed E-state index contributed by atoms with van der Waals surface area (Å²) in [5.41, 5.74) is 0. The lowest BCUT2D eigenvalue weighted by molar-refractivity contribution is 0.206. The van der Waals surface area contributed by atoms with E-state index in [2.05, 4.69) is 6.92 Å². The van der Waals surface area contributed by atoms with Crippen LogP contribution in [0.15, 0.2) is 0 Å². The Kier molecular flexibility index (Phi) is 12.7. The molecule has 0 aromatic heterocycles. The maximum Gasteiger partial charge on any atom is 0.327 e. The van der Waals surface area contributed by atoms with Crippen molar-refractivity contribution in [1.82, 2.24) is 0 Å². The Hall–Kier alpha value is 0.592. The summed E-state index contributed by atoms with van der Waals surface area (Å²) in [6.45, 7) is 4.12. The SMILES string of the molecule is CCCC(CC)OP=O.[AlH3]. The van der Waals surface area contributed by atoms with Crippen molar-refractivity contribution in [3.8, 4) is 0 Å². The van der Waals surface area contributed by atoms with E-state index < -0.39 is 0 Å². The Labute approximate surface area is 74.8 Å². The zero-order valence-corrected chi connectivity index (χ0v) is 6.86. The minimum atomic E-state index is -0.185. The number of hydrogen-bond acceptors (Lipinski definition) is 2. The van der Waals surface area contributed by atoms with Gasteiger partial charge in [0.25, 0.3) is 0 Å². The summed E-state index contributed by atoms with van der Waals surface area (Å²) in [7, 11) is -0.185. The van der Waals surface area contributed by atoms with Crippen LogP contribution in [0.2, 0.25) is 0 Å². The quantitative estimate of drug-likeness (QED) is 0.472. The van der Waals surface area contributed by atoms with Gasteiger partial charge in [-0.05, 0) is 12.8 Å². The van der Waals surface area contributed by atoms with Crippen LogP contribution in [0.3, 0.4) is 0 Å². The predicted molar refractivity (Wildman–Crippen MR) is 47.6 cm³/mol. The van der Waals surface area contributed by atoms with Crippen molar-refractivity contribution in [2.24, 2.45) is 0 Å². The predicted octanol–water partition coefficient (Wildman–Crippen LogP) is 1.60. The molecule has 0 N–H and O–H groups in total. The summed E-state index contributed by atoms with van der Waals surface area (Å²) in [6, 6.07) is 0. The Balaban J connectivity index is 0. The van der Waals surface area contributed by atoms with E-state index in [1.807, 2.05) is 6.92 Å². The highest BCUT2D eigenvalue weighted by Crippen LogP contribution is 2.11. The standard InChI is InChI=1S/C6H13O2P.Al.3H/c1-3-5-6(4-2)8-9-7;;;;/h6H,3-5H2,1-2H3;;;;. The third-order valence-corrected chi connectivity index (χ3v) is 1.64. The fourth-order valence-electron chi connectivity index (χ4n) is 0.714. The van der Waals surface area contributed by atoms with Gasteiger partial charge in [-0.25, -0.2) is 4.57 Å². The maximum absolute atomic E-state index is 9.92. The fourth-order valence-corrected chi connectivity index (χ4v) is 1.09. The Bertz CT molecular complexity index is 80.1. The molecular weight excluding hydrogens is 162 g/mol. The first-order chi connectivity index (χ1) is 4.35. The van der Waals surface area contributed by atoms with Gasteiger partial charge in [0.05, 0.1) is 6.10 Å². The van der Waals surface area contributed by atoms with Crippen molar-refractivity contribution in [2.75, 3.05) is 0 Å². The van der Waals surface area contributed by atoms with Crippen LogP contribution in [-0.2, 0) is 9.09 Å². The van der Waals surface area contributed by atoms with Crippen LogP contribution in [0.1, 0.15) is 33.1 Å². The summed E-state index contributed by atoms with van der Waals surface area (Å²) in [5, 5.41) is 0. The number of hydrogen-bond donors (Lipinski definition) is 0. The second kappa shape index (κ2) is 9.59. The molecule has 0 fully saturated rings. The van der Waals surface area contributed by atoms with Crippen molar-refractivity contribution in [3.05, 3.63) is 0 Å². The van der Waals surface area contributed by atoms with Gasteiger partial charge in [-0.3, -0.25) is 4.52 Å². The molecule has 0 aromatic carbocycles. The van der Waals surface area contributed by atoms with Gasteiger partial charge in [0.15, 0.2) is 17.4 Å². The number of rotatable bonds is 5. The smallest absolute Gasteiger partial charge is 0.291 e. The lowest BCUT2D eigenvalue weighted by Gasteiger charge is -2.07. The zero-order chi connectivity index (χ0) is 7.11. The van der Waals surface area contributed by atoms with E-state index in [4.69, 9.17) is 4.52 Å². The molecule has 0 bridgehead atoms. The highest BCUT2D eigenvalue weighted by molar-refractivity contribution is 7.17. The van der Waals surface area contributed by atoms with E-state index >= 15 is 0 Å². The molecule has 0 aromatic rings. The molecule has 0 aliphatic carbocycles. The molecule has 0 rings (SSSR count). The van der Waals surface area contributed by atoms with Gasteiger partial charge in [0.1, 0.15) is 0 Å². The van der Waals surface area contributed by atoms with Crippen LogP contribution in [0, 0.1) is 0 Å². The molecule has 10 heavy (non-hydrogen) atoms. The Morgan fingerprint density at radius 3 is 2.40 bits per heavy atom. The Morgan fingerprint density at radius 1 is 1.50 bits per heavy atom. The minimum Gasteiger partial charge on any atom is -0.291 e. The summed E-state index contributed by atoms with van der Waals surface area (Å²) in [6.07, 6.45) is 3.23. The topological polar surface area (TPSA) is 26.3 Å². The zero-order valence-electron chi connectivity index (χ0n) is 5.96. The van der Waals surface area contributed by atoms with E-state index in [0.717, 1.165) is 19.3 Å². The molecule has 0 aliphatic rings. The fraction of sp³-hybridized carbons (Fsp3) is 1.00. The monoisotopic (exact) mass is 178 g/mol. The van der Waals surface area contributed by atoms with Gasteiger partial charge in [-0.15, -0.1) is 0 Å². The molecule has 0 heterocycles. The molecule has 0 radical (unpaired) electrons. The first kappa shape index (κ1) is 13.2. The van der Waals surface area contributed by atoms with Crippen molar-refractivity contribution >= 4 is 26.0 Å². The van der Waals surface area contributed by atoms with Crippen LogP contribution in [0.4, 0.5) is 0 Å². The summed E-state index contributed by atoms with van der Waals surface area (Å²) >= 11 is 0. The van der Waals surface area contributed by atoms with E-state index in [9.17, 15) is 4.57 Å². The average molecular weight is 178 g/mol. The molecule has 1 atom stereocenters. The summed E-state index contributed by atoms with van der Waals surface area (Å²) in [5.74, 6) is 0. The van der Waals surface area contributed by atoms with Gasteiger partial charge in [0, 0.05) is 0 Å². The van der Waals surface area contributed by atoms with Gasteiger partial charge >= 0.3 is 8.69 Å². The van der Waals surface area contributed by atoms with Gasteiger partial charge in [-0.2, -0.15) is 0 Å². The van der Waals surface area contributed by atoms with E-state index in [1.165, 1.54) is 0 Å². The largest absolute Gasteiger partial charge is 0.327 e. The molecular formula is C6H16AlO2P. The van der Waals surface area contributed by atoms with E-state index in [-0.39, 0.29) is 32.2 Å². The van der Waals surface area contributed by atoms with Gasteiger partial charge in [-0.1, -0.05) is 20.3 Å². The van der Waals surface area contributed by atoms with Gasteiger partial charge in [0.2, 0.25) is 0 Å². The van der Waals surface area contributed by atoms with Crippen LogP contribution in [-0.4, -0.2) is 23.5 Å². The van der Waals surface area contributed by atoms with Crippen molar-refractivity contribution in [3.63, 3.8) is 0 Å². The van der Waals surface area contributed by atoms with E-state index in [1.54, 1.807) is 0 Å². The molecule has 0 saturated heterocycles. The first-order valence-electron chi connectivity index (χ1n) is 3.33. The first-order valence-corrected chi connectivity index (χ1v) is 4.06. The lowest BCUT2D eigenvalue weighted by atomic mass is 10.2. The highest BCUT2D eigenvalue weighted by atomic mass is 31.1. The summed E-state index contributed by atoms with van der Waals surface area (Å²) in [4.78, 5) is 0.